The van der Waals surface area contributed by atoms with E-state index in [4.69, 9.17) is 5.11 Å². The molecule has 1 unspecified atom stereocenters. The number of hydrogen-bond donors (Lipinski definition) is 2. The van der Waals surface area contributed by atoms with Crippen LogP contribution in [0.1, 0.15) is 41.9 Å². The number of carboxylic acids is 1. The number of nitrogens with zero attached hydrogens (tertiary/aromatic N) is 1. The van der Waals surface area contributed by atoms with E-state index in [9.17, 15) is 9.59 Å². The number of thiazole rings is 1. The Morgan fingerprint density at radius 3 is 2.57 bits per heavy atom. The highest BCUT2D eigenvalue weighted by atomic mass is 32.1. The van der Waals surface area contributed by atoms with E-state index >= 15 is 0 Å². The highest BCUT2D eigenvalue weighted by Crippen LogP contribution is 2.18. The summed E-state index contributed by atoms with van der Waals surface area (Å²) in [4.78, 5) is 27.2. The number of hydrogen-bond acceptors (Lipinski definition) is 4. The summed E-state index contributed by atoms with van der Waals surface area (Å²) in [5.74, 6) is -1.46. The van der Waals surface area contributed by atoms with Crippen molar-refractivity contribution in [1.29, 1.82) is 0 Å². The molecule has 2 N–H and O–H groups in total. The minimum Gasteiger partial charge on any atom is -0.481 e. The lowest BCUT2D eigenvalue weighted by Gasteiger charge is -2.09. The summed E-state index contributed by atoms with van der Waals surface area (Å²) in [6.07, 6.45) is 1.99. The summed E-state index contributed by atoms with van der Waals surface area (Å²) in [5.41, 5.74) is 2.43. The van der Waals surface area contributed by atoms with Crippen molar-refractivity contribution in [2.75, 3.05) is 5.32 Å². The smallest absolute Gasteiger partial charge is 0.310 e. The molecule has 2 aromatic rings. The van der Waals surface area contributed by atoms with Crippen molar-refractivity contribution >= 4 is 28.9 Å². The Labute approximate surface area is 139 Å². The van der Waals surface area contributed by atoms with Gasteiger partial charge in [0.25, 0.3) is 0 Å². The Morgan fingerprint density at radius 2 is 2.00 bits per heavy atom. The van der Waals surface area contributed by atoms with Crippen LogP contribution in [0.2, 0.25) is 0 Å². The Hall–Kier alpha value is -2.21. The monoisotopic (exact) mass is 332 g/mol. The minimum absolute atomic E-state index is 0.0454. The molecule has 0 saturated heterocycles. The molecular formula is C17H20N2O3S. The first kappa shape index (κ1) is 17.1. The maximum atomic E-state index is 11.9. The standard InChI is InChI=1S/C17H20N2O3S/c1-11(17(21)22)13-6-8-14(9-7-13)19-16(20)5-3-4-15-10-23-12(2)18-15/h6-11H,3-5H2,1-2H3,(H,19,20)(H,21,22). The summed E-state index contributed by atoms with van der Waals surface area (Å²) in [6.45, 7) is 3.60. The molecule has 122 valence electrons. The predicted octanol–water partition coefficient (Wildman–Crippen LogP) is 3.60. The molecular weight excluding hydrogens is 312 g/mol. The van der Waals surface area contributed by atoms with Crippen molar-refractivity contribution in [2.45, 2.75) is 39.0 Å². The van der Waals surface area contributed by atoms with E-state index in [2.05, 4.69) is 10.3 Å². The molecule has 0 spiro atoms. The van der Waals surface area contributed by atoms with Crippen LogP contribution in [-0.2, 0) is 16.0 Å². The van der Waals surface area contributed by atoms with Crippen molar-refractivity contribution in [3.8, 4) is 0 Å². The number of nitrogens with one attached hydrogen (secondary N) is 1. The zero-order chi connectivity index (χ0) is 16.8. The molecule has 0 radical (unpaired) electrons. The van der Waals surface area contributed by atoms with Gasteiger partial charge in [-0.15, -0.1) is 11.3 Å². The third kappa shape index (κ3) is 5.17. The summed E-state index contributed by atoms with van der Waals surface area (Å²) < 4.78 is 0. The predicted molar refractivity (Wildman–Crippen MR) is 90.9 cm³/mol. The molecule has 0 saturated carbocycles. The topological polar surface area (TPSA) is 79.3 Å². The second kappa shape index (κ2) is 7.87. The SMILES string of the molecule is Cc1nc(CCCC(=O)Nc2ccc(C(C)C(=O)O)cc2)cs1. The summed E-state index contributed by atoms with van der Waals surface area (Å²) in [5, 5.41) is 14.9. The van der Waals surface area contributed by atoms with E-state index in [1.54, 1.807) is 42.5 Å². The van der Waals surface area contributed by atoms with Gasteiger partial charge >= 0.3 is 5.97 Å². The molecule has 1 atom stereocenters. The molecule has 0 fully saturated rings. The van der Waals surface area contributed by atoms with Crippen molar-refractivity contribution < 1.29 is 14.7 Å². The molecule has 5 nitrogen and oxygen atoms in total. The average molecular weight is 332 g/mol. The van der Waals surface area contributed by atoms with E-state index in [1.807, 2.05) is 12.3 Å². The molecule has 1 amide bonds. The van der Waals surface area contributed by atoms with Gasteiger partial charge in [0.2, 0.25) is 5.91 Å². The number of aliphatic carboxylic acids is 1. The van der Waals surface area contributed by atoms with Crippen LogP contribution in [0.25, 0.3) is 0 Å². The lowest BCUT2D eigenvalue weighted by molar-refractivity contribution is -0.138. The molecule has 0 aliphatic rings. The van der Waals surface area contributed by atoms with Gasteiger partial charge in [0.15, 0.2) is 0 Å². The molecule has 1 aromatic carbocycles. The number of rotatable bonds is 7. The van der Waals surface area contributed by atoms with E-state index in [0.717, 1.165) is 29.1 Å². The van der Waals surface area contributed by atoms with Gasteiger partial charge in [0.1, 0.15) is 0 Å². The number of benzene rings is 1. The highest BCUT2D eigenvalue weighted by molar-refractivity contribution is 7.09. The van der Waals surface area contributed by atoms with Crippen LogP contribution >= 0.6 is 11.3 Å². The molecule has 23 heavy (non-hydrogen) atoms. The fourth-order valence-electron chi connectivity index (χ4n) is 2.17. The van der Waals surface area contributed by atoms with Crippen molar-refractivity contribution in [2.24, 2.45) is 0 Å². The zero-order valence-corrected chi connectivity index (χ0v) is 14.0. The van der Waals surface area contributed by atoms with Crippen LogP contribution in [0.3, 0.4) is 0 Å². The number of aryl methyl sites for hydroxylation is 2. The van der Waals surface area contributed by atoms with Gasteiger partial charge in [-0.25, -0.2) is 4.98 Å². The third-order valence-electron chi connectivity index (χ3n) is 3.57. The van der Waals surface area contributed by atoms with Crippen molar-refractivity contribution in [1.82, 2.24) is 4.98 Å². The number of carboxylic acid groups (broad SMARTS) is 1. The second-order valence-electron chi connectivity index (χ2n) is 5.44. The Morgan fingerprint density at radius 1 is 1.30 bits per heavy atom. The van der Waals surface area contributed by atoms with Crippen LogP contribution in [0.4, 0.5) is 5.69 Å². The van der Waals surface area contributed by atoms with Crippen LogP contribution in [0.5, 0.6) is 0 Å². The average Bonchev–Trinajstić information content (AvgIpc) is 2.92. The first-order valence-electron chi connectivity index (χ1n) is 7.49. The summed E-state index contributed by atoms with van der Waals surface area (Å²) >= 11 is 1.62. The number of aromatic nitrogens is 1. The van der Waals surface area contributed by atoms with Gasteiger partial charge in [-0.1, -0.05) is 12.1 Å². The first-order valence-corrected chi connectivity index (χ1v) is 8.37. The van der Waals surface area contributed by atoms with E-state index in [1.165, 1.54) is 0 Å². The molecule has 6 heteroatoms. The van der Waals surface area contributed by atoms with Crippen LogP contribution < -0.4 is 5.32 Å². The van der Waals surface area contributed by atoms with Gasteiger partial charge in [-0.2, -0.15) is 0 Å². The van der Waals surface area contributed by atoms with Crippen LogP contribution in [0.15, 0.2) is 29.6 Å². The minimum atomic E-state index is -0.862. The van der Waals surface area contributed by atoms with Crippen molar-refractivity contribution in [3.63, 3.8) is 0 Å². The van der Waals surface area contributed by atoms with Gasteiger partial charge in [0.05, 0.1) is 16.6 Å². The van der Waals surface area contributed by atoms with Crippen LogP contribution in [-0.4, -0.2) is 22.0 Å². The fourth-order valence-corrected chi connectivity index (χ4v) is 2.82. The Balaban J connectivity index is 1.79. The van der Waals surface area contributed by atoms with Gasteiger partial charge < -0.3 is 10.4 Å². The number of carbonyl (C=O) groups excluding carboxylic acids is 1. The Kier molecular flexibility index (Phi) is 5.87. The van der Waals surface area contributed by atoms with Crippen molar-refractivity contribution in [3.05, 3.63) is 45.9 Å². The lowest BCUT2D eigenvalue weighted by Crippen LogP contribution is -2.12. The molecule has 1 heterocycles. The number of amides is 1. The molecule has 0 bridgehead atoms. The largest absolute Gasteiger partial charge is 0.481 e. The lowest BCUT2D eigenvalue weighted by atomic mass is 10.0. The Bertz CT molecular complexity index is 679. The van der Waals surface area contributed by atoms with Gasteiger partial charge in [-0.05, 0) is 44.4 Å². The first-order chi connectivity index (χ1) is 11.0. The quantitative estimate of drug-likeness (QED) is 0.812. The van der Waals surface area contributed by atoms with Crippen LogP contribution in [0, 0.1) is 6.92 Å². The molecule has 0 aliphatic heterocycles. The second-order valence-corrected chi connectivity index (χ2v) is 6.50. The van der Waals surface area contributed by atoms with E-state index in [0.29, 0.717) is 12.1 Å². The highest BCUT2D eigenvalue weighted by Gasteiger charge is 2.13. The van der Waals surface area contributed by atoms with Gasteiger partial charge in [0, 0.05) is 17.5 Å². The maximum Gasteiger partial charge on any atom is 0.310 e. The summed E-state index contributed by atoms with van der Waals surface area (Å²) in [7, 11) is 0. The zero-order valence-electron chi connectivity index (χ0n) is 13.2. The third-order valence-corrected chi connectivity index (χ3v) is 4.39. The van der Waals surface area contributed by atoms with E-state index in [-0.39, 0.29) is 5.91 Å². The van der Waals surface area contributed by atoms with Gasteiger partial charge in [-0.3, -0.25) is 9.59 Å². The number of carbonyl (C=O) groups is 2. The fraction of sp³-hybridized carbons (Fsp3) is 0.353. The normalized spacial score (nSPS) is 11.9. The van der Waals surface area contributed by atoms with E-state index < -0.39 is 11.9 Å². The molecule has 1 aromatic heterocycles. The summed E-state index contributed by atoms with van der Waals surface area (Å²) in [6, 6.07) is 6.92. The molecule has 2 rings (SSSR count). The molecule has 0 aliphatic carbocycles. The maximum absolute atomic E-state index is 11.9. The number of anilines is 1.